The van der Waals surface area contributed by atoms with E-state index >= 15 is 0 Å². The molecular formula is C19H18N2O2. The number of benzene rings is 2. The van der Waals surface area contributed by atoms with Gasteiger partial charge in [0, 0.05) is 12.6 Å². The minimum atomic E-state index is -0.000457. The Morgan fingerprint density at radius 3 is 2.74 bits per heavy atom. The molecular weight excluding hydrogens is 288 g/mol. The van der Waals surface area contributed by atoms with Gasteiger partial charge in [0.1, 0.15) is 5.75 Å². The third-order valence-electron chi connectivity index (χ3n) is 3.77. The van der Waals surface area contributed by atoms with Crippen molar-refractivity contribution in [3.8, 4) is 5.75 Å². The summed E-state index contributed by atoms with van der Waals surface area (Å²) < 4.78 is 5.28. The molecule has 1 aliphatic rings. The summed E-state index contributed by atoms with van der Waals surface area (Å²) in [7, 11) is 1.61. The molecule has 0 bridgehead atoms. The molecule has 23 heavy (non-hydrogen) atoms. The number of fused-ring (bicyclic) bond motifs is 1. The van der Waals surface area contributed by atoms with E-state index in [0.717, 1.165) is 22.6 Å². The second-order valence-electron chi connectivity index (χ2n) is 5.25. The number of methoxy groups -OCH3 is 1. The third kappa shape index (κ3) is 3.01. The van der Waals surface area contributed by atoms with Gasteiger partial charge in [-0.3, -0.25) is 9.79 Å². The third-order valence-corrected chi connectivity index (χ3v) is 3.77. The topological polar surface area (TPSA) is 41.9 Å². The second-order valence-corrected chi connectivity index (χ2v) is 5.25. The average Bonchev–Trinajstić information content (AvgIpc) is 2.73. The summed E-state index contributed by atoms with van der Waals surface area (Å²) >= 11 is 0. The summed E-state index contributed by atoms with van der Waals surface area (Å²) in [5, 5.41) is 0. The first-order valence-corrected chi connectivity index (χ1v) is 7.45. The Morgan fingerprint density at radius 1 is 1.26 bits per heavy atom. The van der Waals surface area contributed by atoms with E-state index in [2.05, 4.69) is 6.58 Å². The maximum atomic E-state index is 12.7. The number of rotatable bonds is 4. The fraction of sp³-hybridized carbons (Fsp3) is 0.158. The number of hydrogen-bond donors (Lipinski definition) is 0. The molecule has 0 radical (unpaired) electrons. The van der Waals surface area contributed by atoms with Gasteiger partial charge in [-0.1, -0.05) is 36.4 Å². The number of aliphatic imine (C=N–C) groups is 1. The largest absolute Gasteiger partial charge is 0.497 e. The second kappa shape index (κ2) is 6.48. The van der Waals surface area contributed by atoms with E-state index < -0.39 is 0 Å². The number of anilines is 1. The first kappa shape index (κ1) is 15.0. The molecule has 0 aliphatic carbocycles. The molecule has 4 nitrogen and oxygen atoms in total. The van der Waals surface area contributed by atoms with E-state index in [4.69, 9.17) is 9.73 Å². The Balaban J connectivity index is 2.13. The number of nitrogens with zero attached hydrogens (tertiary/aromatic N) is 2. The molecule has 1 amide bonds. The van der Waals surface area contributed by atoms with Crippen molar-refractivity contribution < 1.29 is 9.53 Å². The SMILES string of the molecule is C=CCN1C(=O)CC(c2ccccc2)=Nc2ccc(OC)cc21. The number of carbonyl (C=O) groups excluding carboxylic acids is 1. The molecule has 2 aromatic rings. The van der Waals surface area contributed by atoms with E-state index in [1.54, 1.807) is 18.1 Å². The van der Waals surface area contributed by atoms with Crippen molar-refractivity contribution in [2.45, 2.75) is 6.42 Å². The lowest BCUT2D eigenvalue weighted by Gasteiger charge is -2.21. The maximum Gasteiger partial charge on any atom is 0.233 e. The normalized spacial score (nSPS) is 13.9. The average molecular weight is 306 g/mol. The van der Waals surface area contributed by atoms with Crippen molar-refractivity contribution >= 4 is 23.0 Å². The Morgan fingerprint density at radius 2 is 2.04 bits per heavy atom. The van der Waals surface area contributed by atoms with E-state index in [-0.39, 0.29) is 12.3 Å². The predicted molar refractivity (Wildman–Crippen MR) is 92.8 cm³/mol. The molecule has 0 aromatic heterocycles. The van der Waals surface area contributed by atoms with Gasteiger partial charge >= 0.3 is 0 Å². The molecule has 2 aromatic carbocycles. The van der Waals surface area contributed by atoms with Gasteiger partial charge in [-0.05, 0) is 17.7 Å². The van der Waals surface area contributed by atoms with Gasteiger partial charge in [-0.15, -0.1) is 6.58 Å². The van der Waals surface area contributed by atoms with Crippen molar-refractivity contribution in [2.24, 2.45) is 4.99 Å². The number of ether oxygens (including phenoxy) is 1. The van der Waals surface area contributed by atoms with Gasteiger partial charge in [-0.2, -0.15) is 0 Å². The molecule has 0 N–H and O–H groups in total. The molecule has 116 valence electrons. The van der Waals surface area contributed by atoms with Crippen LogP contribution in [0.3, 0.4) is 0 Å². The summed E-state index contributed by atoms with van der Waals surface area (Å²) in [6.45, 7) is 4.19. The van der Waals surface area contributed by atoms with Gasteiger partial charge in [0.15, 0.2) is 0 Å². The van der Waals surface area contributed by atoms with Crippen molar-refractivity contribution in [1.82, 2.24) is 0 Å². The molecule has 0 fully saturated rings. The number of hydrogen-bond acceptors (Lipinski definition) is 3. The molecule has 0 saturated carbocycles. The Labute approximate surface area is 135 Å². The van der Waals surface area contributed by atoms with E-state index in [1.807, 2.05) is 48.5 Å². The summed E-state index contributed by atoms with van der Waals surface area (Å²) in [6, 6.07) is 15.4. The predicted octanol–water partition coefficient (Wildman–Crippen LogP) is 3.74. The molecule has 0 unspecified atom stereocenters. The zero-order chi connectivity index (χ0) is 16.2. The molecule has 4 heteroatoms. The summed E-state index contributed by atoms with van der Waals surface area (Å²) in [4.78, 5) is 19.1. The highest BCUT2D eigenvalue weighted by molar-refractivity contribution is 6.17. The van der Waals surface area contributed by atoms with Crippen LogP contribution in [-0.2, 0) is 4.79 Å². The highest BCUT2D eigenvalue weighted by Gasteiger charge is 2.24. The summed E-state index contributed by atoms with van der Waals surface area (Å²) in [5.74, 6) is 0.698. The first-order valence-electron chi connectivity index (χ1n) is 7.45. The summed E-state index contributed by atoms with van der Waals surface area (Å²) in [5.41, 5.74) is 3.24. The lowest BCUT2D eigenvalue weighted by atomic mass is 10.1. The van der Waals surface area contributed by atoms with E-state index in [1.165, 1.54) is 0 Å². The van der Waals surface area contributed by atoms with Gasteiger partial charge < -0.3 is 9.64 Å². The van der Waals surface area contributed by atoms with Crippen LogP contribution in [0.1, 0.15) is 12.0 Å². The Hall–Kier alpha value is -2.88. The summed E-state index contributed by atoms with van der Waals surface area (Å²) in [6.07, 6.45) is 1.98. The molecule has 1 aliphatic heterocycles. The molecule has 0 atom stereocenters. The minimum absolute atomic E-state index is 0.000457. The fourth-order valence-corrected chi connectivity index (χ4v) is 2.63. The van der Waals surface area contributed by atoms with Crippen molar-refractivity contribution in [3.63, 3.8) is 0 Å². The van der Waals surface area contributed by atoms with E-state index in [0.29, 0.717) is 12.3 Å². The highest BCUT2D eigenvalue weighted by Crippen LogP contribution is 2.36. The van der Waals surface area contributed by atoms with Gasteiger partial charge in [0.05, 0.1) is 30.6 Å². The lowest BCUT2D eigenvalue weighted by molar-refractivity contribution is -0.117. The van der Waals surface area contributed by atoms with Crippen LogP contribution in [0.4, 0.5) is 11.4 Å². The van der Waals surface area contributed by atoms with E-state index in [9.17, 15) is 4.79 Å². The van der Waals surface area contributed by atoms with Gasteiger partial charge in [0.2, 0.25) is 5.91 Å². The van der Waals surface area contributed by atoms with Crippen LogP contribution in [0.25, 0.3) is 0 Å². The van der Waals surface area contributed by atoms with Crippen LogP contribution in [0, 0.1) is 0 Å². The van der Waals surface area contributed by atoms with Crippen LogP contribution in [0.15, 0.2) is 66.2 Å². The maximum absolute atomic E-state index is 12.7. The lowest BCUT2D eigenvalue weighted by Crippen LogP contribution is -2.31. The number of amides is 1. The quantitative estimate of drug-likeness (QED) is 0.808. The fourth-order valence-electron chi connectivity index (χ4n) is 2.63. The van der Waals surface area contributed by atoms with Crippen molar-refractivity contribution in [1.29, 1.82) is 0 Å². The Bertz CT molecular complexity index is 766. The first-order chi connectivity index (χ1) is 11.2. The Kier molecular flexibility index (Phi) is 4.24. The van der Waals surface area contributed by atoms with Gasteiger partial charge in [-0.25, -0.2) is 0 Å². The molecule has 3 rings (SSSR count). The smallest absolute Gasteiger partial charge is 0.233 e. The molecule has 0 saturated heterocycles. The molecule has 0 spiro atoms. The van der Waals surface area contributed by atoms with Crippen LogP contribution in [0.5, 0.6) is 5.75 Å². The standard InChI is InChI=1S/C19H18N2O2/c1-3-11-21-18-12-15(23-2)9-10-16(18)20-17(13-19(21)22)14-7-5-4-6-8-14/h3-10,12H,1,11,13H2,2H3. The van der Waals surface area contributed by atoms with Crippen LogP contribution in [-0.4, -0.2) is 25.3 Å². The van der Waals surface area contributed by atoms with Crippen LogP contribution in [0.2, 0.25) is 0 Å². The zero-order valence-corrected chi connectivity index (χ0v) is 13.0. The highest BCUT2D eigenvalue weighted by atomic mass is 16.5. The zero-order valence-electron chi connectivity index (χ0n) is 13.0. The van der Waals surface area contributed by atoms with Crippen LogP contribution < -0.4 is 9.64 Å². The van der Waals surface area contributed by atoms with Crippen molar-refractivity contribution in [3.05, 3.63) is 66.7 Å². The van der Waals surface area contributed by atoms with Crippen LogP contribution >= 0.6 is 0 Å². The van der Waals surface area contributed by atoms with Gasteiger partial charge in [0.25, 0.3) is 0 Å². The molecule has 1 heterocycles. The monoisotopic (exact) mass is 306 g/mol. The minimum Gasteiger partial charge on any atom is -0.497 e. The van der Waals surface area contributed by atoms with Crippen molar-refractivity contribution in [2.75, 3.05) is 18.6 Å². The number of carbonyl (C=O) groups is 1.